The zero-order valence-electron chi connectivity index (χ0n) is 13.1. The van der Waals surface area contributed by atoms with Gasteiger partial charge in [-0.25, -0.2) is 0 Å². The third kappa shape index (κ3) is 4.40. The minimum absolute atomic E-state index is 0.0331. The van der Waals surface area contributed by atoms with E-state index >= 15 is 0 Å². The van der Waals surface area contributed by atoms with Gasteiger partial charge in [0.2, 0.25) is 5.91 Å². The summed E-state index contributed by atoms with van der Waals surface area (Å²) in [6.07, 6.45) is 7.37. The lowest BCUT2D eigenvalue weighted by molar-refractivity contribution is -0.122. The molecular weight excluding hydrogens is 316 g/mol. The molecule has 0 spiro atoms. The van der Waals surface area contributed by atoms with E-state index < -0.39 is 6.04 Å². The molecule has 1 amide bonds. The predicted molar refractivity (Wildman–Crippen MR) is 95.6 cm³/mol. The molecule has 0 aliphatic heterocycles. The van der Waals surface area contributed by atoms with Gasteiger partial charge < -0.3 is 11.1 Å². The molecule has 0 aromatic heterocycles. The van der Waals surface area contributed by atoms with Gasteiger partial charge in [-0.3, -0.25) is 4.79 Å². The molecule has 0 unspecified atom stereocenters. The number of carbonyl (C=O) groups excluding carboxylic acids is 1. The lowest BCUT2D eigenvalue weighted by atomic mass is 9.79. The minimum atomic E-state index is -0.406. The second-order valence-electron chi connectivity index (χ2n) is 6.10. The summed E-state index contributed by atoms with van der Waals surface area (Å²) in [5, 5.41) is 3.83. The Balaban J connectivity index is 2.00. The number of benzene rings is 1. The maximum Gasteiger partial charge on any atom is 0.236 e. The maximum absolute atomic E-state index is 12.2. The number of nitrogens with one attached hydrogen (secondary N) is 1. The average Bonchev–Trinajstić information content (AvgIpc) is 3.01. The van der Waals surface area contributed by atoms with Crippen LogP contribution in [-0.4, -0.2) is 30.5 Å². The topological polar surface area (TPSA) is 55.1 Å². The van der Waals surface area contributed by atoms with Gasteiger partial charge in [0, 0.05) is 17.0 Å². The van der Waals surface area contributed by atoms with Crippen LogP contribution in [0.25, 0.3) is 0 Å². The van der Waals surface area contributed by atoms with Crippen LogP contribution in [-0.2, 0) is 10.2 Å². The smallest absolute Gasteiger partial charge is 0.236 e. The Morgan fingerprint density at radius 2 is 2.00 bits per heavy atom. The standard InChI is InChI=1S/C17H25ClN2OS/c1-22-11-8-15(19)16(21)20-12-17(9-2-3-10-17)13-4-6-14(18)7-5-13/h4-7,15H,2-3,8-12,19H2,1H3,(H,20,21)/t15-/m0/s1. The van der Waals surface area contributed by atoms with E-state index in [9.17, 15) is 4.79 Å². The second kappa shape index (κ2) is 8.23. The molecule has 1 aromatic carbocycles. The summed E-state index contributed by atoms with van der Waals surface area (Å²) < 4.78 is 0. The lowest BCUT2D eigenvalue weighted by Crippen LogP contribution is -2.46. The van der Waals surface area contributed by atoms with Crippen molar-refractivity contribution in [1.82, 2.24) is 5.32 Å². The van der Waals surface area contributed by atoms with Crippen LogP contribution in [0.15, 0.2) is 24.3 Å². The molecule has 3 N–H and O–H groups in total. The fourth-order valence-corrected chi connectivity index (χ4v) is 3.80. The lowest BCUT2D eigenvalue weighted by Gasteiger charge is -2.30. The van der Waals surface area contributed by atoms with E-state index in [2.05, 4.69) is 17.4 Å². The van der Waals surface area contributed by atoms with Crippen LogP contribution in [0.1, 0.15) is 37.7 Å². The first-order valence-electron chi connectivity index (χ1n) is 7.86. The largest absolute Gasteiger partial charge is 0.354 e. The van der Waals surface area contributed by atoms with Crippen molar-refractivity contribution >= 4 is 29.3 Å². The van der Waals surface area contributed by atoms with E-state index in [4.69, 9.17) is 17.3 Å². The van der Waals surface area contributed by atoms with Crippen LogP contribution in [0.3, 0.4) is 0 Å². The maximum atomic E-state index is 12.2. The molecule has 22 heavy (non-hydrogen) atoms. The zero-order valence-corrected chi connectivity index (χ0v) is 14.7. The number of hydrogen-bond acceptors (Lipinski definition) is 3. The molecular formula is C17H25ClN2OS. The molecule has 1 saturated carbocycles. The highest BCUT2D eigenvalue weighted by Crippen LogP contribution is 2.40. The van der Waals surface area contributed by atoms with Crippen molar-refractivity contribution in [3.63, 3.8) is 0 Å². The number of rotatable bonds is 7. The minimum Gasteiger partial charge on any atom is -0.354 e. The van der Waals surface area contributed by atoms with Gasteiger partial charge in [-0.2, -0.15) is 11.8 Å². The normalized spacial score (nSPS) is 18.1. The highest BCUT2D eigenvalue weighted by atomic mass is 35.5. The fourth-order valence-electron chi connectivity index (χ4n) is 3.19. The summed E-state index contributed by atoms with van der Waals surface area (Å²) in [4.78, 5) is 12.2. The van der Waals surface area contributed by atoms with Crippen molar-refractivity contribution in [1.29, 1.82) is 0 Å². The van der Waals surface area contributed by atoms with E-state index in [1.807, 2.05) is 18.4 Å². The van der Waals surface area contributed by atoms with Gasteiger partial charge in [-0.1, -0.05) is 36.6 Å². The molecule has 0 heterocycles. The van der Waals surface area contributed by atoms with Gasteiger partial charge in [0.15, 0.2) is 0 Å². The Morgan fingerprint density at radius 1 is 1.36 bits per heavy atom. The van der Waals surface area contributed by atoms with Gasteiger partial charge in [-0.15, -0.1) is 0 Å². The number of thioether (sulfide) groups is 1. The Hall–Kier alpha value is -0.710. The van der Waals surface area contributed by atoms with Crippen LogP contribution >= 0.6 is 23.4 Å². The number of halogens is 1. The van der Waals surface area contributed by atoms with Crippen molar-refractivity contribution in [3.8, 4) is 0 Å². The van der Waals surface area contributed by atoms with Gasteiger partial charge in [0.25, 0.3) is 0 Å². The molecule has 1 aliphatic carbocycles. The Morgan fingerprint density at radius 3 is 2.59 bits per heavy atom. The molecule has 0 radical (unpaired) electrons. The summed E-state index contributed by atoms with van der Waals surface area (Å²) >= 11 is 7.71. The Kier molecular flexibility index (Phi) is 6.60. The summed E-state index contributed by atoms with van der Waals surface area (Å²) in [5.74, 6) is 0.881. The van der Waals surface area contributed by atoms with Crippen molar-refractivity contribution in [2.24, 2.45) is 5.73 Å². The van der Waals surface area contributed by atoms with Crippen LogP contribution in [0.4, 0.5) is 0 Å². The number of amides is 1. The molecule has 1 atom stereocenters. The monoisotopic (exact) mass is 340 g/mol. The first-order valence-corrected chi connectivity index (χ1v) is 9.63. The van der Waals surface area contributed by atoms with Gasteiger partial charge in [0.1, 0.15) is 0 Å². The van der Waals surface area contributed by atoms with Crippen molar-refractivity contribution in [2.75, 3.05) is 18.6 Å². The number of carbonyl (C=O) groups is 1. The van der Waals surface area contributed by atoms with E-state index in [-0.39, 0.29) is 11.3 Å². The molecule has 0 bridgehead atoms. The predicted octanol–water partition coefficient (Wildman–Crippen LogP) is 3.35. The Bertz CT molecular complexity index is 486. The molecule has 1 aliphatic rings. The molecule has 1 aromatic rings. The second-order valence-corrected chi connectivity index (χ2v) is 7.52. The fraction of sp³-hybridized carbons (Fsp3) is 0.588. The van der Waals surface area contributed by atoms with Gasteiger partial charge >= 0.3 is 0 Å². The molecule has 1 fully saturated rings. The average molecular weight is 341 g/mol. The number of nitrogens with two attached hydrogens (primary N) is 1. The molecule has 0 saturated heterocycles. The highest BCUT2D eigenvalue weighted by molar-refractivity contribution is 7.98. The summed E-state index contributed by atoms with van der Waals surface area (Å²) in [5.41, 5.74) is 7.26. The van der Waals surface area contributed by atoms with Gasteiger partial charge in [0.05, 0.1) is 6.04 Å². The van der Waals surface area contributed by atoms with E-state index in [0.717, 1.165) is 30.0 Å². The van der Waals surface area contributed by atoms with Crippen LogP contribution in [0, 0.1) is 0 Å². The third-order valence-corrected chi connectivity index (χ3v) is 5.48. The Labute approximate surface area is 142 Å². The molecule has 122 valence electrons. The molecule has 5 heteroatoms. The van der Waals surface area contributed by atoms with E-state index in [1.165, 1.54) is 18.4 Å². The number of hydrogen-bond donors (Lipinski definition) is 2. The van der Waals surface area contributed by atoms with Crippen molar-refractivity contribution in [3.05, 3.63) is 34.9 Å². The highest BCUT2D eigenvalue weighted by Gasteiger charge is 2.36. The van der Waals surface area contributed by atoms with Crippen LogP contribution < -0.4 is 11.1 Å². The van der Waals surface area contributed by atoms with Crippen molar-refractivity contribution in [2.45, 2.75) is 43.6 Å². The van der Waals surface area contributed by atoms with E-state index in [0.29, 0.717) is 6.54 Å². The summed E-state index contributed by atoms with van der Waals surface area (Å²) in [6.45, 7) is 0.667. The first-order chi connectivity index (χ1) is 10.6. The van der Waals surface area contributed by atoms with E-state index in [1.54, 1.807) is 11.8 Å². The summed E-state index contributed by atoms with van der Waals surface area (Å²) in [7, 11) is 0. The molecule has 3 nitrogen and oxygen atoms in total. The SMILES string of the molecule is CSCC[C@H](N)C(=O)NCC1(c2ccc(Cl)cc2)CCCC1. The van der Waals surface area contributed by atoms with Crippen molar-refractivity contribution < 1.29 is 4.79 Å². The van der Waals surface area contributed by atoms with Gasteiger partial charge in [-0.05, 0) is 49.0 Å². The zero-order chi connectivity index (χ0) is 16.0. The molecule has 2 rings (SSSR count). The quantitative estimate of drug-likeness (QED) is 0.800. The van der Waals surface area contributed by atoms with Crippen LogP contribution in [0.2, 0.25) is 5.02 Å². The van der Waals surface area contributed by atoms with Crippen LogP contribution in [0.5, 0.6) is 0 Å². The third-order valence-electron chi connectivity index (χ3n) is 4.59. The first kappa shape index (κ1) is 17.6. The summed E-state index contributed by atoms with van der Waals surface area (Å²) in [6, 6.07) is 7.64.